The molecule has 3 amide bonds. The third kappa shape index (κ3) is 5.05. The Kier molecular flexibility index (Phi) is 6.42. The maximum absolute atomic E-state index is 12.7. The van der Waals surface area contributed by atoms with Crippen molar-refractivity contribution in [3.8, 4) is 0 Å². The van der Waals surface area contributed by atoms with Gasteiger partial charge in [0.05, 0.1) is 12.2 Å². The van der Waals surface area contributed by atoms with Crippen LogP contribution in [0.5, 0.6) is 0 Å². The molecule has 2 fully saturated rings. The number of rotatable bonds is 4. The van der Waals surface area contributed by atoms with Crippen LogP contribution in [0.3, 0.4) is 0 Å². The first-order valence-electron chi connectivity index (χ1n) is 9.76. The molecule has 3 rings (SSSR count). The average molecular weight is 372 g/mol. The summed E-state index contributed by atoms with van der Waals surface area (Å²) >= 11 is 0. The van der Waals surface area contributed by atoms with Gasteiger partial charge in [-0.25, -0.2) is 0 Å². The van der Waals surface area contributed by atoms with E-state index in [1.165, 1.54) is 0 Å². The molecule has 27 heavy (non-hydrogen) atoms. The Morgan fingerprint density at radius 1 is 1.00 bits per heavy atom. The van der Waals surface area contributed by atoms with Crippen LogP contribution in [-0.4, -0.2) is 58.7 Å². The zero-order valence-corrected chi connectivity index (χ0v) is 15.9. The zero-order chi connectivity index (χ0) is 19.2. The van der Waals surface area contributed by atoms with Gasteiger partial charge in [0, 0.05) is 51.1 Å². The molecule has 146 valence electrons. The summed E-state index contributed by atoms with van der Waals surface area (Å²) in [5.74, 6) is 0.299. The van der Waals surface area contributed by atoms with E-state index >= 15 is 0 Å². The number of carbonyl (C=O) groups is 3. The summed E-state index contributed by atoms with van der Waals surface area (Å²) < 4.78 is 0. The Balaban J connectivity index is 1.41. The molecular formula is C20H28N4O3. The van der Waals surface area contributed by atoms with Crippen LogP contribution in [0.15, 0.2) is 24.4 Å². The van der Waals surface area contributed by atoms with E-state index in [1.54, 1.807) is 18.0 Å². The topological polar surface area (TPSA) is 82.6 Å². The SMILES string of the molecule is CC(=O)N1CCN(C(=O)C2CCC(C(=O)NCc3ccccn3)CC2)CC1. The molecule has 7 heteroatoms. The molecule has 0 spiro atoms. The van der Waals surface area contributed by atoms with Crippen LogP contribution >= 0.6 is 0 Å². The van der Waals surface area contributed by atoms with Gasteiger partial charge < -0.3 is 15.1 Å². The van der Waals surface area contributed by atoms with E-state index in [1.807, 2.05) is 23.1 Å². The van der Waals surface area contributed by atoms with Crippen LogP contribution in [0.4, 0.5) is 0 Å². The Morgan fingerprint density at radius 2 is 1.63 bits per heavy atom. The van der Waals surface area contributed by atoms with Crippen LogP contribution in [0, 0.1) is 11.8 Å². The minimum Gasteiger partial charge on any atom is -0.350 e. The van der Waals surface area contributed by atoms with Crippen LogP contribution < -0.4 is 5.32 Å². The number of hydrogen-bond donors (Lipinski definition) is 1. The number of nitrogens with one attached hydrogen (secondary N) is 1. The molecule has 0 radical (unpaired) electrons. The standard InChI is InChI=1S/C20H28N4O3/c1-15(25)23-10-12-24(13-11-23)20(27)17-7-5-16(6-8-17)19(26)22-14-18-4-2-3-9-21-18/h2-4,9,16-17H,5-8,10-14H2,1H3,(H,22,26). The highest BCUT2D eigenvalue weighted by atomic mass is 16.2. The van der Waals surface area contributed by atoms with Gasteiger partial charge in [-0.05, 0) is 37.8 Å². The molecule has 0 bridgehead atoms. The maximum Gasteiger partial charge on any atom is 0.225 e. The van der Waals surface area contributed by atoms with E-state index in [9.17, 15) is 14.4 Å². The highest BCUT2D eigenvalue weighted by Crippen LogP contribution is 2.30. The van der Waals surface area contributed by atoms with Gasteiger partial charge in [0.15, 0.2) is 0 Å². The van der Waals surface area contributed by atoms with Crippen molar-refractivity contribution >= 4 is 17.7 Å². The monoisotopic (exact) mass is 372 g/mol. The van der Waals surface area contributed by atoms with Crippen molar-refractivity contribution in [2.75, 3.05) is 26.2 Å². The van der Waals surface area contributed by atoms with Crippen molar-refractivity contribution < 1.29 is 14.4 Å². The van der Waals surface area contributed by atoms with E-state index in [-0.39, 0.29) is 29.6 Å². The molecule has 2 aliphatic rings. The quantitative estimate of drug-likeness (QED) is 0.861. The van der Waals surface area contributed by atoms with Gasteiger partial charge in [-0.3, -0.25) is 19.4 Å². The first kappa shape index (κ1) is 19.3. The Bertz CT molecular complexity index is 663. The number of piperazine rings is 1. The summed E-state index contributed by atoms with van der Waals surface area (Å²) in [6.45, 7) is 4.47. The van der Waals surface area contributed by atoms with Gasteiger partial charge >= 0.3 is 0 Å². The first-order valence-corrected chi connectivity index (χ1v) is 9.76. The van der Waals surface area contributed by atoms with Crippen molar-refractivity contribution in [2.45, 2.75) is 39.2 Å². The van der Waals surface area contributed by atoms with E-state index < -0.39 is 0 Å². The highest BCUT2D eigenvalue weighted by molar-refractivity contribution is 5.81. The number of nitrogens with zero attached hydrogens (tertiary/aromatic N) is 3. The Labute approximate surface area is 160 Å². The average Bonchev–Trinajstić information content (AvgIpc) is 2.72. The number of aromatic nitrogens is 1. The maximum atomic E-state index is 12.7. The predicted molar refractivity (Wildman–Crippen MR) is 100 cm³/mol. The molecular weight excluding hydrogens is 344 g/mol. The fourth-order valence-electron chi connectivity index (χ4n) is 3.93. The Morgan fingerprint density at radius 3 is 2.22 bits per heavy atom. The van der Waals surface area contributed by atoms with E-state index in [4.69, 9.17) is 0 Å². The molecule has 1 aliphatic heterocycles. The second-order valence-corrected chi connectivity index (χ2v) is 7.42. The number of amides is 3. The largest absolute Gasteiger partial charge is 0.350 e. The normalized spacial score (nSPS) is 23.0. The fourth-order valence-corrected chi connectivity index (χ4v) is 3.93. The molecule has 1 saturated heterocycles. The molecule has 1 N–H and O–H groups in total. The van der Waals surface area contributed by atoms with Gasteiger partial charge in [-0.15, -0.1) is 0 Å². The third-order valence-electron chi connectivity index (χ3n) is 5.65. The van der Waals surface area contributed by atoms with Gasteiger partial charge in [0.25, 0.3) is 0 Å². The van der Waals surface area contributed by atoms with E-state index in [0.717, 1.165) is 31.4 Å². The second-order valence-electron chi connectivity index (χ2n) is 7.42. The summed E-state index contributed by atoms with van der Waals surface area (Å²) in [4.78, 5) is 44.4. The number of hydrogen-bond acceptors (Lipinski definition) is 4. The van der Waals surface area contributed by atoms with E-state index in [2.05, 4.69) is 10.3 Å². The van der Waals surface area contributed by atoms with Gasteiger partial charge in [0.2, 0.25) is 17.7 Å². The number of pyridine rings is 1. The lowest BCUT2D eigenvalue weighted by molar-refractivity contribution is -0.143. The lowest BCUT2D eigenvalue weighted by Gasteiger charge is -2.37. The predicted octanol–water partition coefficient (Wildman–Crippen LogP) is 1.19. The van der Waals surface area contributed by atoms with Crippen LogP contribution in [0.25, 0.3) is 0 Å². The summed E-state index contributed by atoms with van der Waals surface area (Å²) in [7, 11) is 0. The van der Waals surface area contributed by atoms with Crippen molar-refractivity contribution in [1.82, 2.24) is 20.1 Å². The van der Waals surface area contributed by atoms with Crippen LogP contribution in [0.2, 0.25) is 0 Å². The lowest BCUT2D eigenvalue weighted by Crippen LogP contribution is -2.51. The molecule has 0 aromatic carbocycles. The molecule has 0 unspecified atom stereocenters. The number of carbonyl (C=O) groups excluding carboxylic acids is 3. The highest BCUT2D eigenvalue weighted by Gasteiger charge is 2.33. The fraction of sp³-hybridized carbons (Fsp3) is 0.600. The van der Waals surface area contributed by atoms with Gasteiger partial charge in [-0.1, -0.05) is 6.07 Å². The van der Waals surface area contributed by atoms with Crippen LogP contribution in [-0.2, 0) is 20.9 Å². The molecule has 7 nitrogen and oxygen atoms in total. The van der Waals surface area contributed by atoms with Crippen molar-refractivity contribution in [1.29, 1.82) is 0 Å². The minimum atomic E-state index is -0.0210. The van der Waals surface area contributed by atoms with Crippen LogP contribution in [0.1, 0.15) is 38.3 Å². The smallest absolute Gasteiger partial charge is 0.225 e. The summed E-state index contributed by atoms with van der Waals surface area (Å²) in [6, 6.07) is 5.65. The van der Waals surface area contributed by atoms with Gasteiger partial charge in [-0.2, -0.15) is 0 Å². The zero-order valence-electron chi connectivity index (χ0n) is 15.9. The molecule has 2 heterocycles. The summed E-state index contributed by atoms with van der Waals surface area (Å²) in [5.41, 5.74) is 0.847. The van der Waals surface area contributed by atoms with Gasteiger partial charge in [0.1, 0.15) is 0 Å². The van der Waals surface area contributed by atoms with Crippen molar-refractivity contribution in [3.63, 3.8) is 0 Å². The Hall–Kier alpha value is -2.44. The third-order valence-corrected chi connectivity index (χ3v) is 5.65. The van der Waals surface area contributed by atoms with Crippen molar-refractivity contribution in [2.24, 2.45) is 11.8 Å². The summed E-state index contributed by atoms with van der Waals surface area (Å²) in [5, 5.41) is 2.96. The molecule has 1 aromatic heterocycles. The van der Waals surface area contributed by atoms with E-state index in [0.29, 0.717) is 32.7 Å². The van der Waals surface area contributed by atoms with Crippen molar-refractivity contribution in [3.05, 3.63) is 30.1 Å². The second kappa shape index (κ2) is 8.97. The lowest BCUT2D eigenvalue weighted by atomic mass is 9.81. The molecule has 1 aliphatic carbocycles. The summed E-state index contributed by atoms with van der Waals surface area (Å²) in [6.07, 6.45) is 4.73. The first-order chi connectivity index (χ1) is 13.0. The molecule has 1 aromatic rings. The molecule has 1 saturated carbocycles. The molecule has 0 atom stereocenters. The minimum absolute atomic E-state index is 0.00807.